The molecule has 3 rings (SSSR count). The number of nitro benzene ring substituents is 1. The third-order valence-corrected chi connectivity index (χ3v) is 4.46. The van der Waals surface area contributed by atoms with Gasteiger partial charge in [0, 0.05) is 17.7 Å². The molecule has 0 saturated heterocycles. The lowest BCUT2D eigenvalue weighted by Crippen LogP contribution is -2.17. The molecule has 12 heteroatoms. The van der Waals surface area contributed by atoms with Crippen LogP contribution in [0.2, 0.25) is 0 Å². The summed E-state index contributed by atoms with van der Waals surface area (Å²) in [5, 5.41) is 20.9. The number of nitrogens with one attached hydrogen (secondary N) is 1. The number of nitro groups is 1. The summed E-state index contributed by atoms with van der Waals surface area (Å²) in [6.45, 7) is 0. The van der Waals surface area contributed by atoms with E-state index in [9.17, 15) is 23.7 Å². The Balaban J connectivity index is 1.67. The first-order valence-corrected chi connectivity index (χ1v) is 8.66. The molecular formula is C16H12F2N6O3S. The van der Waals surface area contributed by atoms with Crippen molar-refractivity contribution < 1.29 is 18.5 Å². The highest BCUT2D eigenvalue weighted by molar-refractivity contribution is 7.99. The fourth-order valence-corrected chi connectivity index (χ4v) is 2.90. The fourth-order valence-electron chi connectivity index (χ4n) is 2.24. The number of carbonyl (C=O) groups excluding carboxylic acids is 1. The summed E-state index contributed by atoms with van der Waals surface area (Å²) in [6.07, 6.45) is 0. The molecule has 144 valence electrons. The maximum atomic E-state index is 13.7. The Morgan fingerprint density at radius 1 is 1.25 bits per heavy atom. The van der Waals surface area contributed by atoms with Crippen LogP contribution in [0.4, 0.5) is 20.2 Å². The van der Waals surface area contributed by atoms with Crippen molar-refractivity contribution in [3.05, 3.63) is 64.2 Å². The smallest absolute Gasteiger partial charge is 0.271 e. The summed E-state index contributed by atoms with van der Waals surface area (Å²) in [6, 6.07) is 8.40. The molecule has 0 aliphatic heterocycles. The van der Waals surface area contributed by atoms with Crippen molar-refractivity contribution in [3.8, 4) is 11.4 Å². The van der Waals surface area contributed by atoms with Crippen LogP contribution in [0, 0.1) is 21.7 Å². The Bertz CT molecular complexity index is 1060. The van der Waals surface area contributed by atoms with E-state index in [2.05, 4.69) is 15.5 Å². The minimum atomic E-state index is -0.806. The number of rotatable bonds is 6. The fraction of sp³-hybridized carbons (Fsp3) is 0.0625. The number of aromatic nitrogens is 3. The molecule has 2 aromatic carbocycles. The number of nitrogen functional groups attached to an aromatic ring is 1. The molecule has 0 aliphatic rings. The van der Waals surface area contributed by atoms with Gasteiger partial charge in [0.25, 0.3) is 5.69 Å². The number of nitrogens with zero attached hydrogens (tertiary/aromatic N) is 4. The molecule has 0 atom stereocenters. The van der Waals surface area contributed by atoms with Crippen LogP contribution < -0.4 is 11.2 Å². The highest BCUT2D eigenvalue weighted by atomic mass is 32.2. The van der Waals surface area contributed by atoms with Gasteiger partial charge in [0.05, 0.1) is 16.4 Å². The highest BCUT2D eigenvalue weighted by Gasteiger charge is 2.16. The summed E-state index contributed by atoms with van der Waals surface area (Å²) in [5.41, 5.74) is -0.259. The van der Waals surface area contributed by atoms with E-state index in [0.717, 1.165) is 34.6 Å². The zero-order chi connectivity index (χ0) is 20.3. The van der Waals surface area contributed by atoms with Crippen LogP contribution >= 0.6 is 11.8 Å². The van der Waals surface area contributed by atoms with E-state index in [4.69, 9.17) is 5.84 Å². The van der Waals surface area contributed by atoms with E-state index in [1.165, 1.54) is 18.2 Å². The van der Waals surface area contributed by atoms with Gasteiger partial charge in [-0.1, -0.05) is 23.9 Å². The second-order valence-corrected chi connectivity index (χ2v) is 6.39. The zero-order valence-corrected chi connectivity index (χ0v) is 14.8. The lowest BCUT2D eigenvalue weighted by molar-refractivity contribution is -0.384. The zero-order valence-electron chi connectivity index (χ0n) is 14.0. The average Bonchev–Trinajstić information content (AvgIpc) is 3.02. The Morgan fingerprint density at radius 2 is 2.04 bits per heavy atom. The molecule has 3 aromatic rings. The molecule has 28 heavy (non-hydrogen) atoms. The van der Waals surface area contributed by atoms with Crippen molar-refractivity contribution in [2.75, 3.05) is 16.9 Å². The van der Waals surface area contributed by atoms with E-state index in [1.54, 1.807) is 6.07 Å². The van der Waals surface area contributed by atoms with Gasteiger partial charge in [-0.2, -0.15) is 0 Å². The van der Waals surface area contributed by atoms with Gasteiger partial charge in [0.1, 0.15) is 11.6 Å². The number of hydrogen-bond donors (Lipinski definition) is 2. The van der Waals surface area contributed by atoms with Crippen molar-refractivity contribution in [3.63, 3.8) is 0 Å². The van der Waals surface area contributed by atoms with Gasteiger partial charge < -0.3 is 11.2 Å². The number of amides is 1. The first kappa shape index (κ1) is 19.2. The van der Waals surface area contributed by atoms with Gasteiger partial charge in [-0.25, -0.2) is 13.5 Å². The van der Waals surface area contributed by atoms with Crippen LogP contribution in [-0.4, -0.2) is 31.5 Å². The topological polar surface area (TPSA) is 129 Å². The van der Waals surface area contributed by atoms with Crippen molar-refractivity contribution in [2.24, 2.45) is 0 Å². The number of hydrogen-bond acceptors (Lipinski definition) is 7. The van der Waals surface area contributed by atoms with Gasteiger partial charge in [-0.3, -0.25) is 14.9 Å². The molecule has 0 spiro atoms. The predicted molar refractivity (Wildman–Crippen MR) is 98.0 cm³/mol. The van der Waals surface area contributed by atoms with E-state index in [1.807, 2.05) is 0 Å². The summed E-state index contributed by atoms with van der Waals surface area (Å²) < 4.78 is 28.2. The van der Waals surface area contributed by atoms with Crippen LogP contribution in [0.5, 0.6) is 0 Å². The standard InChI is InChI=1S/C16H12F2N6O3S/c17-10-3-1-2-9(6-10)15-21-22-16(23(15)19)28-8-14(25)20-13-7-11(24(26)27)4-5-12(13)18/h1-7H,8,19H2,(H,20,25). The van der Waals surface area contributed by atoms with Crippen LogP contribution in [-0.2, 0) is 4.79 Å². The molecule has 9 nitrogen and oxygen atoms in total. The Labute approximate surface area is 160 Å². The van der Waals surface area contributed by atoms with Gasteiger partial charge in [0.2, 0.25) is 11.1 Å². The van der Waals surface area contributed by atoms with E-state index in [0.29, 0.717) is 5.56 Å². The average molecular weight is 406 g/mol. The highest BCUT2D eigenvalue weighted by Crippen LogP contribution is 2.24. The Kier molecular flexibility index (Phi) is 5.49. The number of nitrogens with two attached hydrogens (primary N) is 1. The van der Waals surface area contributed by atoms with Crippen molar-refractivity contribution in [2.45, 2.75) is 5.16 Å². The van der Waals surface area contributed by atoms with Crippen LogP contribution in [0.1, 0.15) is 0 Å². The third-order valence-electron chi connectivity index (χ3n) is 3.51. The molecule has 0 bridgehead atoms. The molecule has 0 saturated carbocycles. The SMILES string of the molecule is Nn1c(SCC(=O)Nc2cc([N+](=O)[O-])ccc2F)nnc1-c1cccc(F)c1. The van der Waals surface area contributed by atoms with Crippen LogP contribution in [0.3, 0.4) is 0 Å². The van der Waals surface area contributed by atoms with Gasteiger partial charge in [-0.15, -0.1) is 10.2 Å². The van der Waals surface area contributed by atoms with Crippen LogP contribution in [0.25, 0.3) is 11.4 Å². The maximum Gasteiger partial charge on any atom is 0.271 e. The predicted octanol–water partition coefficient (Wildman–Crippen LogP) is 2.58. The number of carbonyl (C=O) groups is 1. The molecule has 0 unspecified atom stereocenters. The van der Waals surface area contributed by atoms with E-state index in [-0.39, 0.29) is 28.1 Å². The summed E-state index contributed by atoms with van der Waals surface area (Å²) in [4.78, 5) is 22.1. The molecule has 0 aliphatic carbocycles. The minimum absolute atomic E-state index is 0.175. The van der Waals surface area contributed by atoms with E-state index >= 15 is 0 Å². The van der Waals surface area contributed by atoms with E-state index < -0.39 is 22.5 Å². The van der Waals surface area contributed by atoms with Gasteiger partial charge in [0.15, 0.2) is 5.82 Å². The molecule has 3 N–H and O–H groups in total. The Morgan fingerprint density at radius 3 is 2.75 bits per heavy atom. The van der Waals surface area contributed by atoms with Crippen molar-refractivity contribution >= 4 is 29.0 Å². The second-order valence-electron chi connectivity index (χ2n) is 5.44. The number of halogens is 2. The van der Waals surface area contributed by atoms with Crippen molar-refractivity contribution in [1.82, 2.24) is 14.9 Å². The number of non-ortho nitro benzene ring substituents is 1. The van der Waals surface area contributed by atoms with Gasteiger partial charge in [-0.05, 0) is 18.2 Å². The second kappa shape index (κ2) is 8.00. The molecule has 1 aromatic heterocycles. The Hall–Kier alpha value is -3.54. The third kappa shape index (κ3) is 4.23. The summed E-state index contributed by atoms with van der Waals surface area (Å²) >= 11 is 0.913. The summed E-state index contributed by atoms with van der Waals surface area (Å²) in [5.74, 6) is 3.98. The largest absolute Gasteiger partial charge is 0.335 e. The maximum absolute atomic E-state index is 13.7. The molecule has 1 heterocycles. The van der Waals surface area contributed by atoms with Crippen molar-refractivity contribution in [1.29, 1.82) is 0 Å². The quantitative estimate of drug-likeness (QED) is 0.279. The normalized spacial score (nSPS) is 10.6. The minimum Gasteiger partial charge on any atom is -0.335 e. The molecule has 0 fully saturated rings. The number of benzene rings is 2. The molecular weight excluding hydrogens is 394 g/mol. The van der Waals surface area contributed by atoms with Crippen LogP contribution in [0.15, 0.2) is 47.6 Å². The van der Waals surface area contributed by atoms with Gasteiger partial charge >= 0.3 is 0 Å². The monoisotopic (exact) mass is 406 g/mol. The molecule has 0 radical (unpaired) electrons. The lowest BCUT2D eigenvalue weighted by atomic mass is 10.2. The lowest BCUT2D eigenvalue weighted by Gasteiger charge is -2.06. The first-order valence-electron chi connectivity index (χ1n) is 7.68. The summed E-state index contributed by atoms with van der Waals surface area (Å²) in [7, 11) is 0. The first-order chi connectivity index (χ1) is 13.3. The molecule has 1 amide bonds. The number of anilines is 1. The number of thioether (sulfide) groups is 1.